The van der Waals surface area contributed by atoms with Crippen LogP contribution in [0.25, 0.3) is 44.3 Å². The van der Waals surface area contributed by atoms with Gasteiger partial charge in [-0.05, 0) is 28.8 Å². The van der Waals surface area contributed by atoms with Gasteiger partial charge in [0.2, 0.25) is 0 Å². The lowest BCUT2D eigenvalue weighted by atomic mass is 10.0. The van der Waals surface area contributed by atoms with E-state index in [0.717, 1.165) is 38.6 Å². The summed E-state index contributed by atoms with van der Waals surface area (Å²) in [6, 6.07) is 22.2. The average molecular weight is 335 g/mol. The molecule has 0 spiro atoms. The molecule has 0 saturated carbocycles. The summed E-state index contributed by atoms with van der Waals surface area (Å²) < 4.78 is 0. The zero-order valence-corrected chi connectivity index (χ0v) is 13.7. The van der Waals surface area contributed by atoms with Crippen molar-refractivity contribution in [1.82, 2.24) is 25.4 Å². The molecule has 2 aromatic carbocycles. The number of pyridine rings is 2. The van der Waals surface area contributed by atoms with Crippen molar-refractivity contribution in [3.05, 3.63) is 79.1 Å². The van der Waals surface area contributed by atoms with Crippen LogP contribution in [0, 0.1) is 0 Å². The van der Waals surface area contributed by atoms with Crippen LogP contribution >= 0.6 is 0 Å². The number of benzene rings is 2. The van der Waals surface area contributed by atoms with Gasteiger partial charge in [0.1, 0.15) is 5.69 Å². The highest BCUT2D eigenvalue weighted by Gasteiger charge is 2.15. The van der Waals surface area contributed by atoms with Crippen molar-refractivity contribution in [2.24, 2.45) is 0 Å². The lowest BCUT2D eigenvalue weighted by Gasteiger charge is -2.09. The van der Waals surface area contributed by atoms with Crippen molar-refractivity contribution in [3.8, 4) is 22.6 Å². The summed E-state index contributed by atoms with van der Waals surface area (Å²) in [6.07, 6.45) is 3.49. The number of hydrogen-bond acceptors (Lipinski definition) is 5. The topological polar surface area (TPSA) is 64.5 Å². The van der Waals surface area contributed by atoms with Crippen molar-refractivity contribution in [2.45, 2.75) is 0 Å². The lowest BCUT2D eigenvalue weighted by molar-refractivity contribution is 0.870. The molecule has 0 radical (unpaired) electrons. The summed E-state index contributed by atoms with van der Waals surface area (Å²) in [5, 5.41) is 15.3. The van der Waals surface area contributed by atoms with Crippen LogP contribution in [-0.4, -0.2) is 25.4 Å². The Bertz CT molecular complexity index is 1240. The van der Waals surface area contributed by atoms with E-state index in [1.165, 1.54) is 0 Å². The van der Waals surface area contributed by atoms with Gasteiger partial charge in [-0.3, -0.25) is 4.98 Å². The van der Waals surface area contributed by atoms with E-state index in [-0.39, 0.29) is 0 Å². The van der Waals surface area contributed by atoms with Gasteiger partial charge in [0.15, 0.2) is 0 Å². The minimum absolute atomic E-state index is 0.680. The minimum Gasteiger partial charge on any atom is -0.254 e. The van der Waals surface area contributed by atoms with Crippen LogP contribution in [0.4, 0.5) is 0 Å². The van der Waals surface area contributed by atoms with Crippen molar-refractivity contribution < 1.29 is 0 Å². The molecule has 0 saturated heterocycles. The molecule has 5 rings (SSSR count). The Balaban J connectivity index is 1.76. The molecule has 5 heteroatoms. The number of hydrogen-bond donors (Lipinski definition) is 0. The van der Waals surface area contributed by atoms with Gasteiger partial charge in [-0.1, -0.05) is 48.5 Å². The zero-order chi connectivity index (χ0) is 17.3. The Morgan fingerprint density at radius 2 is 1.54 bits per heavy atom. The first-order valence-corrected chi connectivity index (χ1v) is 8.29. The molecule has 5 aromatic rings. The predicted octanol–water partition coefficient (Wildman–Crippen LogP) is 4.30. The summed E-state index contributed by atoms with van der Waals surface area (Å²) in [5.41, 5.74) is 4.01. The molecule has 0 N–H and O–H groups in total. The molecule has 0 atom stereocenters. The maximum atomic E-state index is 4.78. The molecule has 0 aliphatic carbocycles. The minimum atomic E-state index is 0.680. The fourth-order valence-corrected chi connectivity index (χ4v) is 3.16. The monoisotopic (exact) mass is 335 g/mol. The zero-order valence-electron chi connectivity index (χ0n) is 13.7. The van der Waals surface area contributed by atoms with Crippen molar-refractivity contribution in [1.29, 1.82) is 0 Å². The molecule has 0 amide bonds. The summed E-state index contributed by atoms with van der Waals surface area (Å²) in [6.45, 7) is 0. The van der Waals surface area contributed by atoms with E-state index < -0.39 is 0 Å². The average Bonchev–Trinajstić information content (AvgIpc) is 2.73. The molecule has 3 aromatic heterocycles. The van der Waals surface area contributed by atoms with Crippen LogP contribution in [0.2, 0.25) is 0 Å². The van der Waals surface area contributed by atoms with E-state index in [1.807, 2.05) is 54.6 Å². The van der Waals surface area contributed by atoms with E-state index in [4.69, 9.17) is 4.98 Å². The van der Waals surface area contributed by atoms with Crippen LogP contribution in [0.1, 0.15) is 0 Å². The summed E-state index contributed by atoms with van der Waals surface area (Å²) in [7, 11) is 0. The fraction of sp³-hybridized carbons (Fsp3) is 0. The highest BCUT2D eigenvalue weighted by atomic mass is 15.3. The number of para-hydroxylation sites is 1. The van der Waals surface area contributed by atoms with E-state index in [9.17, 15) is 0 Å². The van der Waals surface area contributed by atoms with Gasteiger partial charge in [0.05, 0.1) is 28.7 Å². The molecule has 5 nitrogen and oxygen atoms in total. The number of rotatable bonds is 2. The van der Waals surface area contributed by atoms with E-state index in [2.05, 4.69) is 32.5 Å². The van der Waals surface area contributed by atoms with Crippen molar-refractivity contribution >= 4 is 21.7 Å². The van der Waals surface area contributed by atoms with E-state index in [1.54, 1.807) is 12.4 Å². The predicted molar refractivity (Wildman–Crippen MR) is 101 cm³/mol. The highest BCUT2D eigenvalue weighted by Crippen LogP contribution is 2.32. The Morgan fingerprint density at radius 3 is 2.50 bits per heavy atom. The van der Waals surface area contributed by atoms with Crippen LogP contribution in [-0.2, 0) is 0 Å². The van der Waals surface area contributed by atoms with Gasteiger partial charge < -0.3 is 0 Å². The molecule has 26 heavy (non-hydrogen) atoms. The van der Waals surface area contributed by atoms with Crippen molar-refractivity contribution in [3.63, 3.8) is 0 Å². The Labute approximate surface area is 149 Å². The maximum Gasteiger partial charge on any atom is 0.125 e. The number of nitrogens with zero attached hydrogens (tertiary/aromatic N) is 5. The summed E-state index contributed by atoms with van der Waals surface area (Å²) in [4.78, 5) is 9.34. The number of aromatic nitrogens is 5. The second-order valence-corrected chi connectivity index (χ2v) is 5.97. The smallest absolute Gasteiger partial charge is 0.125 e. The van der Waals surface area contributed by atoms with Crippen LogP contribution < -0.4 is 0 Å². The van der Waals surface area contributed by atoms with Gasteiger partial charge in [0, 0.05) is 17.0 Å². The normalized spacial score (nSPS) is 11.1. The largest absolute Gasteiger partial charge is 0.254 e. The van der Waals surface area contributed by atoms with Crippen molar-refractivity contribution in [2.75, 3.05) is 0 Å². The second kappa shape index (κ2) is 5.97. The third kappa shape index (κ3) is 2.38. The highest BCUT2D eigenvalue weighted by molar-refractivity contribution is 5.96. The maximum absolute atomic E-state index is 4.78. The van der Waals surface area contributed by atoms with Gasteiger partial charge in [-0.15, -0.1) is 10.2 Å². The van der Waals surface area contributed by atoms with Gasteiger partial charge in [-0.2, -0.15) is 0 Å². The standard InChI is InChI=1S/C21H13N5/c1-3-7-16-14(5-1)11-12-22-20(16)21-17(13-23-26-25-21)19-10-9-15-6-2-4-8-18(15)24-19/h1-13H. The summed E-state index contributed by atoms with van der Waals surface area (Å²) in [5.74, 6) is 0. The molecule has 0 fully saturated rings. The quantitative estimate of drug-likeness (QED) is 0.481. The van der Waals surface area contributed by atoms with Crippen LogP contribution in [0.5, 0.6) is 0 Å². The lowest BCUT2D eigenvalue weighted by Crippen LogP contribution is -1.98. The molecular weight excluding hydrogens is 322 g/mol. The molecule has 0 aliphatic heterocycles. The molecule has 0 unspecified atom stereocenters. The second-order valence-electron chi connectivity index (χ2n) is 5.97. The Morgan fingerprint density at radius 1 is 0.692 bits per heavy atom. The van der Waals surface area contributed by atoms with Gasteiger partial charge in [-0.25, -0.2) is 4.98 Å². The van der Waals surface area contributed by atoms with E-state index >= 15 is 0 Å². The van der Waals surface area contributed by atoms with E-state index in [0.29, 0.717) is 5.69 Å². The van der Waals surface area contributed by atoms with Gasteiger partial charge >= 0.3 is 0 Å². The first-order valence-electron chi connectivity index (χ1n) is 8.29. The molecule has 122 valence electrons. The Hall–Kier alpha value is -3.73. The Kier molecular flexibility index (Phi) is 3.35. The van der Waals surface area contributed by atoms with Crippen LogP contribution in [0.3, 0.4) is 0 Å². The number of fused-ring (bicyclic) bond motifs is 2. The first kappa shape index (κ1) is 14.6. The first-order chi connectivity index (χ1) is 12.9. The fourth-order valence-electron chi connectivity index (χ4n) is 3.16. The third-order valence-electron chi connectivity index (χ3n) is 4.41. The van der Waals surface area contributed by atoms with Gasteiger partial charge in [0.25, 0.3) is 0 Å². The molecular formula is C21H13N5. The molecule has 0 aliphatic rings. The van der Waals surface area contributed by atoms with Crippen LogP contribution in [0.15, 0.2) is 79.1 Å². The SMILES string of the molecule is c1ccc2nc(-c3cnnnc3-c3nccc4ccccc34)ccc2c1. The molecule has 3 heterocycles. The summed E-state index contributed by atoms with van der Waals surface area (Å²) >= 11 is 0. The molecule has 0 bridgehead atoms. The third-order valence-corrected chi connectivity index (χ3v) is 4.41.